The smallest absolute Gasteiger partial charge is 0.160 e. The number of hydrogen-bond acceptors (Lipinski definition) is 4. The minimum atomic E-state index is 0.707. The Morgan fingerprint density at radius 3 is 1.53 bits per heavy atom. The van der Waals surface area contributed by atoms with Crippen LogP contribution in [0, 0.1) is 0 Å². The van der Waals surface area contributed by atoms with Gasteiger partial charge in [-0.3, -0.25) is 0 Å². The molecule has 0 fully saturated rings. The van der Waals surface area contributed by atoms with E-state index in [0.717, 1.165) is 55.8 Å². The van der Waals surface area contributed by atoms with Gasteiger partial charge in [-0.15, -0.1) is 11.3 Å². The van der Waals surface area contributed by atoms with Crippen LogP contribution in [0.25, 0.3) is 98.8 Å². The number of rotatable bonds is 7. The van der Waals surface area contributed by atoms with E-state index in [-0.39, 0.29) is 0 Å². The first-order chi connectivity index (χ1) is 27.3. The molecule has 0 atom stereocenters. The van der Waals surface area contributed by atoms with Gasteiger partial charge in [0.2, 0.25) is 0 Å². The van der Waals surface area contributed by atoms with Crippen molar-refractivity contribution in [3.8, 4) is 77.9 Å². The van der Waals surface area contributed by atoms with Crippen molar-refractivity contribution in [2.45, 2.75) is 0 Å². The molecule has 3 nitrogen and oxygen atoms in total. The van der Waals surface area contributed by atoms with Crippen LogP contribution < -0.4 is 0 Å². The summed E-state index contributed by atoms with van der Waals surface area (Å²) in [6, 6.07) is 70.2. The van der Waals surface area contributed by atoms with Gasteiger partial charge in [-0.05, 0) is 40.5 Å². The number of pyridine rings is 1. The summed E-state index contributed by atoms with van der Waals surface area (Å²) < 4.78 is 1.18. The molecule has 10 aromatic rings. The monoisotopic (exact) mass is 719 g/mol. The van der Waals surface area contributed by atoms with Crippen molar-refractivity contribution in [2.24, 2.45) is 0 Å². The molecule has 0 aliphatic carbocycles. The zero-order valence-corrected chi connectivity index (χ0v) is 30.6. The van der Waals surface area contributed by atoms with Gasteiger partial charge in [-0.1, -0.05) is 182 Å². The lowest BCUT2D eigenvalue weighted by atomic mass is 9.93. The number of hydrogen-bond donors (Lipinski definition) is 0. The Labute approximate surface area is 323 Å². The van der Waals surface area contributed by atoms with Gasteiger partial charge < -0.3 is 0 Å². The number of para-hydroxylation sites is 1. The minimum absolute atomic E-state index is 0.707. The molecule has 258 valence electrons. The number of aromatic nitrogens is 3. The largest absolute Gasteiger partial charge is 0.246 e. The normalized spacial score (nSPS) is 11.3. The summed E-state index contributed by atoms with van der Waals surface area (Å²) in [6.45, 7) is 0. The molecule has 55 heavy (non-hydrogen) atoms. The molecule has 0 spiro atoms. The predicted octanol–water partition coefficient (Wildman–Crippen LogP) is 13.9. The first-order valence-corrected chi connectivity index (χ1v) is 19.3. The van der Waals surface area contributed by atoms with Crippen LogP contribution in [0.5, 0.6) is 0 Å². The molecule has 0 aliphatic heterocycles. The van der Waals surface area contributed by atoms with Crippen molar-refractivity contribution in [2.75, 3.05) is 0 Å². The molecule has 4 heteroatoms. The third-order valence-electron chi connectivity index (χ3n) is 10.1. The second-order valence-corrected chi connectivity index (χ2v) is 14.6. The fraction of sp³-hybridized carbons (Fsp3) is 0. The number of fused-ring (bicyclic) bond motifs is 3. The summed E-state index contributed by atoms with van der Waals surface area (Å²) in [5.41, 5.74) is 13.9. The van der Waals surface area contributed by atoms with Crippen LogP contribution in [0.1, 0.15) is 0 Å². The molecule has 0 bridgehead atoms. The fourth-order valence-corrected chi connectivity index (χ4v) is 8.78. The molecule has 0 N–H and O–H groups in total. The molecule has 0 amide bonds. The van der Waals surface area contributed by atoms with E-state index in [1.54, 1.807) is 0 Å². The Morgan fingerprint density at radius 1 is 0.345 bits per heavy atom. The lowest BCUT2D eigenvalue weighted by molar-refractivity contribution is 1.18. The second-order valence-electron chi connectivity index (χ2n) is 13.6. The fourth-order valence-electron chi connectivity index (χ4n) is 7.42. The molecule has 10 rings (SSSR count). The lowest BCUT2D eigenvalue weighted by Crippen LogP contribution is -1.95. The molecule has 3 aromatic heterocycles. The van der Waals surface area contributed by atoms with E-state index in [1.165, 1.54) is 37.2 Å². The van der Waals surface area contributed by atoms with Crippen LogP contribution in [0.2, 0.25) is 0 Å². The highest BCUT2D eigenvalue weighted by molar-refractivity contribution is 7.23. The van der Waals surface area contributed by atoms with E-state index in [9.17, 15) is 0 Å². The van der Waals surface area contributed by atoms with Crippen molar-refractivity contribution in [3.63, 3.8) is 0 Å². The van der Waals surface area contributed by atoms with E-state index in [1.807, 2.05) is 47.7 Å². The summed E-state index contributed by atoms with van der Waals surface area (Å²) in [5.74, 6) is 0.707. The van der Waals surface area contributed by atoms with Gasteiger partial charge in [-0.2, -0.15) is 0 Å². The predicted molar refractivity (Wildman–Crippen MR) is 231 cm³/mol. The van der Waals surface area contributed by atoms with Gasteiger partial charge in [-0.25, -0.2) is 15.0 Å². The van der Waals surface area contributed by atoms with E-state index < -0.39 is 0 Å². The van der Waals surface area contributed by atoms with Gasteiger partial charge >= 0.3 is 0 Å². The van der Waals surface area contributed by atoms with Crippen LogP contribution in [0.3, 0.4) is 0 Å². The maximum absolute atomic E-state index is 5.30. The Balaban J connectivity index is 1.18. The average molecular weight is 720 g/mol. The summed E-state index contributed by atoms with van der Waals surface area (Å²) in [4.78, 5) is 16.6. The second kappa shape index (κ2) is 14.1. The number of benzene rings is 7. The Hall–Kier alpha value is -7.01. The molecule has 0 saturated heterocycles. The first-order valence-electron chi connectivity index (χ1n) is 18.4. The molecular formula is C51H33N3S. The highest BCUT2D eigenvalue weighted by Crippen LogP contribution is 2.50. The number of thiophene rings is 1. The molecule has 0 aliphatic rings. The highest BCUT2D eigenvalue weighted by Gasteiger charge is 2.23. The summed E-state index contributed by atoms with van der Waals surface area (Å²) >= 11 is 1.82. The van der Waals surface area contributed by atoms with Gasteiger partial charge in [0.1, 0.15) is 0 Å². The molecule has 3 heterocycles. The lowest BCUT2D eigenvalue weighted by Gasteiger charge is -2.12. The Bertz CT molecular complexity index is 2880. The molecule has 7 aromatic carbocycles. The highest BCUT2D eigenvalue weighted by atomic mass is 32.1. The van der Waals surface area contributed by atoms with Gasteiger partial charge in [0.25, 0.3) is 0 Å². The number of nitrogens with zero attached hydrogens (tertiary/aromatic N) is 3. The van der Waals surface area contributed by atoms with Gasteiger partial charge in [0.15, 0.2) is 5.82 Å². The zero-order valence-electron chi connectivity index (χ0n) is 29.8. The van der Waals surface area contributed by atoms with E-state index in [2.05, 4.69) is 164 Å². The molecule has 0 saturated carbocycles. The maximum atomic E-state index is 5.30. The van der Waals surface area contributed by atoms with Gasteiger partial charge in [0, 0.05) is 43.5 Å². The van der Waals surface area contributed by atoms with Crippen molar-refractivity contribution < 1.29 is 0 Å². The topological polar surface area (TPSA) is 38.7 Å². The Kier molecular flexibility index (Phi) is 8.36. The third kappa shape index (κ3) is 6.19. The van der Waals surface area contributed by atoms with Crippen LogP contribution >= 0.6 is 11.3 Å². The van der Waals surface area contributed by atoms with Gasteiger partial charge in [0.05, 0.1) is 27.3 Å². The van der Waals surface area contributed by atoms with E-state index >= 15 is 0 Å². The van der Waals surface area contributed by atoms with E-state index in [0.29, 0.717) is 5.82 Å². The van der Waals surface area contributed by atoms with Crippen LogP contribution in [0.15, 0.2) is 200 Å². The quantitative estimate of drug-likeness (QED) is 0.165. The van der Waals surface area contributed by atoms with Crippen LogP contribution in [-0.2, 0) is 0 Å². The van der Waals surface area contributed by atoms with Crippen molar-refractivity contribution in [3.05, 3.63) is 200 Å². The van der Waals surface area contributed by atoms with Crippen molar-refractivity contribution in [1.29, 1.82) is 0 Å². The molecule has 0 radical (unpaired) electrons. The summed E-state index contributed by atoms with van der Waals surface area (Å²) in [7, 11) is 0. The summed E-state index contributed by atoms with van der Waals surface area (Å²) in [5, 5.41) is 2.38. The minimum Gasteiger partial charge on any atom is -0.246 e. The third-order valence-corrected chi connectivity index (χ3v) is 11.4. The van der Waals surface area contributed by atoms with Crippen LogP contribution in [-0.4, -0.2) is 15.0 Å². The van der Waals surface area contributed by atoms with Crippen molar-refractivity contribution >= 4 is 32.3 Å². The SMILES string of the molecule is c1ccc(-c2cccc(-c3c(-c4ccc(-c5cc(-c6ccccc6)nc(-c6ccccc6)n5)cc4)sc4c(-c5ccccc5)nc5ccccc5c34)c2)cc1. The maximum Gasteiger partial charge on any atom is 0.160 e. The average Bonchev–Trinajstić information content (AvgIpc) is 3.68. The first kappa shape index (κ1) is 32.6. The van der Waals surface area contributed by atoms with E-state index in [4.69, 9.17) is 15.0 Å². The zero-order chi connectivity index (χ0) is 36.6. The summed E-state index contributed by atoms with van der Waals surface area (Å²) in [6.07, 6.45) is 0. The van der Waals surface area contributed by atoms with Crippen LogP contribution in [0.4, 0.5) is 0 Å². The Morgan fingerprint density at radius 2 is 0.855 bits per heavy atom. The van der Waals surface area contributed by atoms with Crippen molar-refractivity contribution in [1.82, 2.24) is 15.0 Å². The molecule has 0 unspecified atom stereocenters. The molecular weight excluding hydrogens is 687 g/mol. The standard InChI is InChI=1S/C51H33N3S/c1-5-16-34(17-6-1)40-24-15-25-41(32-40)46-47-42-26-13-14-27-43(42)52-48(37-20-9-3-10-21-37)50(47)55-49(46)38-30-28-36(29-31-38)45-33-44(35-18-7-2-8-19-35)53-51(54-45)39-22-11-4-12-23-39/h1-33H.